The predicted molar refractivity (Wildman–Crippen MR) is 93.8 cm³/mol. The molecule has 4 rings (SSSR count). The number of halogens is 1. The number of rotatable bonds is 3. The Morgan fingerprint density at radius 3 is 2.31 bits per heavy atom. The average Bonchev–Trinajstić information content (AvgIpc) is 3.07. The first-order chi connectivity index (χ1) is 12.4. The zero-order valence-electron chi connectivity index (χ0n) is 13.7. The number of carbonyl (C=O) groups excluding carboxylic acids is 4. The number of imide groups is 2. The fourth-order valence-corrected chi connectivity index (χ4v) is 3.98. The van der Waals surface area contributed by atoms with Gasteiger partial charge in [-0.15, -0.1) is 0 Å². The minimum absolute atomic E-state index is 0.102. The van der Waals surface area contributed by atoms with Crippen LogP contribution in [0.25, 0.3) is 0 Å². The van der Waals surface area contributed by atoms with Gasteiger partial charge in [-0.05, 0) is 28.1 Å². The average molecular weight is 420 g/mol. The number of amidine groups is 1. The summed E-state index contributed by atoms with van der Waals surface area (Å²) in [6, 6.07) is 5.44. The highest BCUT2D eigenvalue weighted by Crippen LogP contribution is 2.27. The van der Waals surface area contributed by atoms with Crippen molar-refractivity contribution in [2.75, 3.05) is 20.1 Å². The molecule has 0 saturated carbocycles. The van der Waals surface area contributed by atoms with Crippen molar-refractivity contribution in [1.82, 2.24) is 20.0 Å². The summed E-state index contributed by atoms with van der Waals surface area (Å²) in [6.45, 7) is 0.317. The second-order valence-electron chi connectivity index (χ2n) is 6.16. The summed E-state index contributed by atoms with van der Waals surface area (Å²) in [5.74, 6) is -1.16. The molecule has 2 atom stereocenters. The molecule has 5 amide bonds. The Labute approximate surface area is 156 Å². The molecule has 0 aromatic heterocycles. The van der Waals surface area contributed by atoms with Gasteiger partial charge in [0.2, 0.25) is 0 Å². The number of nitrogens with one attached hydrogen (secondary N) is 1. The van der Waals surface area contributed by atoms with E-state index in [2.05, 4.69) is 26.2 Å². The highest BCUT2D eigenvalue weighted by molar-refractivity contribution is 9.18. The van der Waals surface area contributed by atoms with E-state index in [1.807, 2.05) is 0 Å². The van der Waals surface area contributed by atoms with Gasteiger partial charge in [0.15, 0.2) is 17.0 Å². The van der Waals surface area contributed by atoms with Crippen molar-refractivity contribution in [1.29, 1.82) is 0 Å². The summed E-state index contributed by atoms with van der Waals surface area (Å²) < 4.78 is 0.404. The third-order valence-corrected chi connectivity index (χ3v) is 5.41. The largest absolute Gasteiger partial charge is 0.334 e. The first-order valence-electron chi connectivity index (χ1n) is 7.93. The van der Waals surface area contributed by atoms with Crippen LogP contribution in [0.3, 0.4) is 0 Å². The Morgan fingerprint density at radius 1 is 1.08 bits per heavy atom. The number of nitrogens with zero attached hydrogens (tertiary/aromatic N) is 4. The monoisotopic (exact) mass is 419 g/mol. The van der Waals surface area contributed by atoms with Crippen molar-refractivity contribution in [3.05, 3.63) is 35.4 Å². The van der Waals surface area contributed by atoms with Crippen molar-refractivity contribution in [3.8, 4) is 0 Å². The van der Waals surface area contributed by atoms with Crippen LogP contribution < -0.4 is 5.32 Å². The number of hydrogen-bond donors (Lipinski definition) is 1. The van der Waals surface area contributed by atoms with E-state index in [1.54, 1.807) is 36.2 Å². The fourth-order valence-electron chi connectivity index (χ4n) is 3.37. The second kappa shape index (κ2) is 5.90. The first-order valence-corrected chi connectivity index (χ1v) is 8.72. The molecule has 1 saturated heterocycles. The highest BCUT2D eigenvalue weighted by atomic mass is 79.9. The van der Waals surface area contributed by atoms with E-state index in [9.17, 15) is 19.2 Å². The van der Waals surface area contributed by atoms with Crippen LogP contribution in [0, 0.1) is 0 Å². The summed E-state index contributed by atoms with van der Waals surface area (Å²) in [5.41, 5.74) is 0.760. The molecule has 2 unspecified atom stereocenters. The Kier molecular flexibility index (Phi) is 3.79. The maximum Gasteiger partial charge on any atom is 0.325 e. The maximum atomic E-state index is 12.4. The molecule has 0 radical (unpaired) electrons. The first kappa shape index (κ1) is 16.7. The Bertz CT molecular complexity index is 850. The lowest BCUT2D eigenvalue weighted by molar-refractivity contribution is -0.127. The SMILES string of the molecule is CN1C(=O)NC(=O)C2C1N=C(Br)N2CCN1C(=O)c2ccccc2C1=O. The van der Waals surface area contributed by atoms with Gasteiger partial charge in [0.25, 0.3) is 17.7 Å². The molecular formula is C16H14BrN5O4. The second-order valence-corrected chi connectivity index (χ2v) is 6.87. The highest BCUT2D eigenvalue weighted by Gasteiger charge is 2.48. The van der Waals surface area contributed by atoms with Gasteiger partial charge in [-0.3, -0.25) is 24.6 Å². The van der Waals surface area contributed by atoms with Gasteiger partial charge in [0.1, 0.15) is 0 Å². The van der Waals surface area contributed by atoms with Crippen LogP contribution in [0.4, 0.5) is 4.79 Å². The molecule has 1 fully saturated rings. The van der Waals surface area contributed by atoms with Crippen molar-refractivity contribution < 1.29 is 19.2 Å². The molecule has 1 aromatic carbocycles. The summed E-state index contributed by atoms with van der Waals surface area (Å²) in [6.07, 6.45) is -0.646. The van der Waals surface area contributed by atoms with E-state index in [4.69, 9.17) is 0 Å². The molecule has 0 aliphatic carbocycles. The number of aliphatic imine (C=N–C) groups is 1. The summed E-state index contributed by atoms with van der Waals surface area (Å²) >= 11 is 3.31. The Morgan fingerprint density at radius 2 is 1.69 bits per heavy atom. The molecule has 1 aromatic rings. The van der Waals surface area contributed by atoms with Crippen molar-refractivity contribution in [3.63, 3.8) is 0 Å². The molecule has 9 nitrogen and oxygen atoms in total. The normalized spacial score (nSPS) is 24.7. The summed E-state index contributed by atoms with van der Waals surface area (Å²) in [4.78, 5) is 57.3. The van der Waals surface area contributed by atoms with E-state index in [-0.39, 0.29) is 24.9 Å². The van der Waals surface area contributed by atoms with Gasteiger partial charge < -0.3 is 9.80 Å². The number of benzene rings is 1. The van der Waals surface area contributed by atoms with Crippen LogP contribution in [0.15, 0.2) is 29.3 Å². The van der Waals surface area contributed by atoms with Gasteiger partial charge >= 0.3 is 6.03 Å². The molecule has 3 aliphatic rings. The number of likely N-dealkylation sites (N-methyl/N-ethyl adjacent to an activating group) is 1. The van der Waals surface area contributed by atoms with Crippen LogP contribution in [0.5, 0.6) is 0 Å². The van der Waals surface area contributed by atoms with Gasteiger partial charge in [0, 0.05) is 20.1 Å². The minimum Gasteiger partial charge on any atom is -0.334 e. The van der Waals surface area contributed by atoms with E-state index in [0.717, 1.165) is 4.90 Å². The molecule has 3 aliphatic heterocycles. The predicted octanol–water partition coefficient (Wildman–Crippen LogP) is 0.225. The number of amides is 5. The summed E-state index contributed by atoms with van der Waals surface area (Å²) in [7, 11) is 1.55. The molecule has 26 heavy (non-hydrogen) atoms. The third kappa shape index (κ3) is 2.32. The molecule has 0 bridgehead atoms. The quantitative estimate of drug-likeness (QED) is 0.557. The van der Waals surface area contributed by atoms with Gasteiger partial charge in [-0.2, -0.15) is 0 Å². The van der Waals surface area contributed by atoms with E-state index in [0.29, 0.717) is 15.9 Å². The van der Waals surface area contributed by atoms with Crippen LogP contribution in [0.1, 0.15) is 20.7 Å². The van der Waals surface area contributed by atoms with Gasteiger partial charge in [-0.25, -0.2) is 9.79 Å². The van der Waals surface area contributed by atoms with Gasteiger partial charge in [0.05, 0.1) is 11.1 Å². The van der Waals surface area contributed by atoms with Crippen LogP contribution in [-0.4, -0.2) is 75.5 Å². The standard InChI is InChI=1S/C16H14BrN5O4/c1-20-11-10(12(23)19-16(20)26)21(15(17)18-11)6-7-22-13(24)8-4-2-3-5-9(8)14(22)25/h2-5,10-11H,6-7H2,1H3,(H,19,23,26). The van der Waals surface area contributed by atoms with E-state index >= 15 is 0 Å². The van der Waals surface area contributed by atoms with Crippen LogP contribution in [-0.2, 0) is 4.79 Å². The number of hydrogen-bond acceptors (Lipinski definition) is 6. The number of carbonyl (C=O) groups is 4. The topological polar surface area (TPSA) is 102 Å². The lowest BCUT2D eigenvalue weighted by atomic mass is 10.1. The van der Waals surface area contributed by atoms with Gasteiger partial charge in [-0.1, -0.05) is 12.1 Å². The third-order valence-electron chi connectivity index (χ3n) is 4.75. The molecule has 10 heteroatoms. The van der Waals surface area contributed by atoms with E-state index in [1.165, 1.54) is 4.90 Å². The Balaban J connectivity index is 1.52. The molecule has 134 valence electrons. The molecule has 1 N–H and O–H groups in total. The molecular weight excluding hydrogens is 406 g/mol. The molecule has 0 spiro atoms. The van der Waals surface area contributed by atoms with Crippen molar-refractivity contribution >= 4 is 44.4 Å². The minimum atomic E-state index is -0.706. The van der Waals surface area contributed by atoms with Crippen molar-refractivity contribution in [2.24, 2.45) is 4.99 Å². The lowest BCUT2D eigenvalue weighted by Crippen LogP contribution is -2.64. The summed E-state index contributed by atoms with van der Waals surface area (Å²) in [5, 5.41) is 2.28. The number of fused-ring (bicyclic) bond motifs is 2. The van der Waals surface area contributed by atoms with Crippen LogP contribution >= 0.6 is 15.9 Å². The fraction of sp³-hybridized carbons (Fsp3) is 0.312. The smallest absolute Gasteiger partial charge is 0.325 e. The Hall–Kier alpha value is -2.75. The number of urea groups is 1. The zero-order valence-corrected chi connectivity index (χ0v) is 15.3. The lowest BCUT2D eigenvalue weighted by Gasteiger charge is -2.36. The van der Waals surface area contributed by atoms with Crippen LogP contribution in [0.2, 0.25) is 0 Å². The van der Waals surface area contributed by atoms with E-state index < -0.39 is 24.1 Å². The van der Waals surface area contributed by atoms with Crippen molar-refractivity contribution in [2.45, 2.75) is 12.2 Å². The zero-order chi connectivity index (χ0) is 18.6. The maximum absolute atomic E-state index is 12.4. The molecule has 3 heterocycles.